The lowest BCUT2D eigenvalue weighted by Gasteiger charge is -2.02. The van der Waals surface area contributed by atoms with Gasteiger partial charge in [-0.25, -0.2) is 4.98 Å². The number of anilines is 1. The minimum atomic E-state index is -0.687. The predicted molar refractivity (Wildman–Crippen MR) is 49.2 cm³/mol. The maximum Gasteiger partial charge on any atom is 0.180 e. The number of rotatable bonds is 2. The van der Waals surface area contributed by atoms with Gasteiger partial charge in [-0.05, 0) is 0 Å². The number of thiazole rings is 1. The maximum absolute atomic E-state index is 9.75. The molecule has 0 amide bonds. The first kappa shape index (κ1) is 8.21. The van der Waals surface area contributed by atoms with Gasteiger partial charge in [-0.3, -0.25) is 5.10 Å². The van der Waals surface area contributed by atoms with E-state index >= 15 is 0 Å². The molecule has 5 nitrogen and oxygen atoms in total. The van der Waals surface area contributed by atoms with Crippen LogP contribution in [0.1, 0.15) is 16.5 Å². The summed E-state index contributed by atoms with van der Waals surface area (Å²) in [5.41, 5.74) is 6.15. The van der Waals surface area contributed by atoms with Gasteiger partial charge in [0.15, 0.2) is 5.13 Å². The molecule has 1 unspecified atom stereocenters. The van der Waals surface area contributed by atoms with Crippen LogP contribution in [-0.2, 0) is 0 Å². The van der Waals surface area contributed by atoms with E-state index in [0.29, 0.717) is 10.7 Å². The van der Waals surface area contributed by atoms with Crippen LogP contribution in [0, 0.1) is 0 Å². The average molecular weight is 196 g/mol. The summed E-state index contributed by atoms with van der Waals surface area (Å²) in [6, 6.07) is 0. The molecule has 4 N–H and O–H groups in total. The molecule has 68 valence electrons. The van der Waals surface area contributed by atoms with Crippen LogP contribution in [0.2, 0.25) is 0 Å². The first-order valence-corrected chi connectivity index (χ1v) is 4.47. The molecule has 0 fully saturated rings. The second kappa shape index (κ2) is 3.15. The molecular formula is C7H8N4OS. The lowest BCUT2D eigenvalue weighted by Crippen LogP contribution is -1.94. The number of aliphatic hydroxyl groups excluding tert-OH is 1. The molecule has 0 aromatic carbocycles. The van der Waals surface area contributed by atoms with Crippen LogP contribution < -0.4 is 5.73 Å². The van der Waals surface area contributed by atoms with Gasteiger partial charge >= 0.3 is 0 Å². The highest BCUT2D eigenvalue weighted by molar-refractivity contribution is 7.15. The van der Waals surface area contributed by atoms with E-state index in [4.69, 9.17) is 5.73 Å². The zero-order chi connectivity index (χ0) is 9.26. The zero-order valence-electron chi connectivity index (χ0n) is 6.64. The van der Waals surface area contributed by atoms with Crippen molar-refractivity contribution in [3.05, 3.63) is 29.0 Å². The van der Waals surface area contributed by atoms with Crippen LogP contribution >= 0.6 is 11.3 Å². The van der Waals surface area contributed by atoms with E-state index in [0.717, 1.165) is 4.88 Å². The van der Waals surface area contributed by atoms with Crippen molar-refractivity contribution in [1.29, 1.82) is 0 Å². The summed E-state index contributed by atoms with van der Waals surface area (Å²) in [6.45, 7) is 0. The van der Waals surface area contributed by atoms with Gasteiger partial charge in [-0.2, -0.15) is 5.10 Å². The number of nitrogens with two attached hydrogens (primary N) is 1. The molecule has 6 heteroatoms. The Balaban J connectivity index is 2.28. The van der Waals surface area contributed by atoms with E-state index < -0.39 is 6.10 Å². The molecule has 0 bridgehead atoms. The molecule has 2 heterocycles. The number of nitrogens with zero attached hydrogens (tertiary/aromatic N) is 2. The molecule has 0 aliphatic rings. The molecule has 13 heavy (non-hydrogen) atoms. The van der Waals surface area contributed by atoms with E-state index in [9.17, 15) is 5.11 Å². The second-order valence-corrected chi connectivity index (χ2v) is 3.63. The van der Waals surface area contributed by atoms with Gasteiger partial charge in [0.25, 0.3) is 0 Å². The molecule has 1 atom stereocenters. The van der Waals surface area contributed by atoms with Crippen molar-refractivity contribution in [1.82, 2.24) is 15.2 Å². The number of nitrogens with one attached hydrogen (secondary N) is 1. The van der Waals surface area contributed by atoms with Crippen molar-refractivity contribution in [3.8, 4) is 0 Å². The van der Waals surface area contributed by atoms with Crippen LogP contribution in [-0.4, -0.2) is 20.3 Å². The van der Waals surface area contributed by atoms with E-state index in [-0.39, 0.29) is 0 Å². The van der Waals surface area contributed by atoms with Crippen LogP contribution in [0.4, 0.5) is 5.13 Å². The number of aromatic amines is 1. The summed E-state index contributed by atoms with van der Waals surface area (Å²) in [7, 11) is 0. The van der Waals surface area contributed by atoms with Crippen molar-refractivity contribution >= 4 is 16.5 Å². The monoisotopic (exact) mass is 196 g/mol. The number of aromatic nitrogens is 3. The maximum atomic E-state index is 9.75. The zero-order valence-corrected chi connectivity index (χ0v) is 7.45. The molecule has 0 saturated heterocycles. The Morgan fingerprint density at radius 2 is 2.38 bits per heavy atom. The standard InChI is InChI=1S/C7H8N4OS/c8-7-9-3-5(13-7)6(12)4-1-10-11-2-4/h1-3,6,12H,(H2,8,9)(H,10,11). The third-order valence-corrected chi connectivity index (χ3v) is 2.52. The first-order valence-electron chi connectivity index (χ1n) is 3.65. The topological polar surface area (TPSA) is 87.8 Å². The Hall–Kier alpha value is -1.40. The Bertz CT molecular complexity index is 383. The van der Waals surface area contributed by atoms with Crippen molar-refractivity contribution < 1.29 is 5.11 Å². The Morgan fingerprint density at radius 3 is 2.92 bits per heavy atom. The highest BCUT2D eigenvalue weighted by Gasteiger charge is 2.13. The highest BCUT2D eigenvalue weighted by atomic mass is 32.1. The smallest absolute Gasteiger partial charge is 0.180 e. The normalized spacial score (nSPS) is 13.0. The molecule has 0 aliphatic carbocycles. The Morgan fingerprint density at radius 1 is 1.54 bits per heavy atom. The highest BCUT2D eigenvalue weighted by Crippen LogP contribution is 2.26. The molecule has 2 aromatic rings. The van der Waals surface area contributed by atoms with Crippen molar-refractivity contribution in [3.63, 3.8) is 0 Å². The minimum Gasteiger partial charge on any atom is -0.383 e. The summed E-state index contributed by atoms with van der Waals surface area (Å²) in [5.74, 6) is 0. The van der Waals surface area contributed by atoms with Crippen molar-refractivity contribution in [2.45, 2.75) is 6.10 Å². The predicted octanol–water partition coefficient (Wildman–Crippen LogP) is 0.530. The first-order chi connectivity index (χ1) is 6.27. The van der Waals surface area contributed by atoms with Gasteiger partial charge in [0.1, 0.15) is 6.10 Å². The fraction of sp³-hybridized carbons (Fsp3) is 0.143. The number of hydrogen-bond donors (Lipinski definition) is 3. The minimum absolute atomic E-state index is 0.456. The molecule has 2 aromatic heterocycles. The van der Waals surface area contributed by atoms with Gasteiger partial charge < -0.3 is 10.8 Å². The molecule has 2 rings (SSSR count). The SMILES string of the molecule is Nc1ncc(C(O)c2cn[nH]c2)s1. The average Bonchev–Trinajstić information content (AvgIpc) is 2.72. The number of aliphatic hydroxyl groups is 1. The number of hydrogen-bond acceptors (Lipinski definition) is 5. The second-order valence-electron chi connectivity index (χ2n) is 2.54. The molecule has 0 aliphatic heterocycles. The van der Waals surface area contributed by atoms with Crippen LogP contribution in [0.15, 0.2) is 18.6 Å². The number of nitrogen functional groups attached to an aromatic ring is 1. The lowest BCUT2D eigenvalue weighted by molar-refractivity contribution is 0.224. The lowest BCUT2D eigenvalue weighted by atomic mass is 10.2. The summed E-state index contributed by atoms with van der Waals surface area (Å²) in [4.78, 5) is 4.57. The molecule has 0 radical (unpaired) electrons. The summed E-state index contributed by atoms with van der Waals surface area (Å²) >= 11 is 1.27. The number of H-pyrrole nitrogens is 1. The van der Waals surface area contributed by atoms with Gasteiger partial charge in [0.2, 0.25) is 0 Å². The van der Waals surface area contributed by atoms with Gasteiger partial charge in [0.05, 0.1) is 11.1 Å². The van der Waals surface area contributed by atoms with E-state index in [1.165, 1.54) is 11.3 Å². The van der Waals surface area contributed by atoms with E-state index in [1.54, 1.807) is 18.6 Å². The quantitative estimate of drug-likeness (QED) is 0.653. The molecule has 0 saturated carbocycles. The fourth-order valence-corrected chi connectivity index (χ4v) is 1.70. The Labute approximate surface area is 78.2 Å². The largest absolute Gasteiger partial charge is 0.383 e. The van der Waals surface area contributed by atoms with E-state index in [1.807, 2.05) is 0 Å². The van der Waals surface area contributed by atoms with Crippen molar-refractivity contribution in [2.24, 2.45) is 0 Å². The molecular weight excluding hydrogens is 188 g/mol. The molecule has 0 spiro atoms. The van der Waals surface area contributed by atoms with Gasteiger partial charge in [-0.15, -0.1) is 0 Å². The Kier molecular flexibility index (Phi) is 1.99. The summed E-state index contributed by atoms with van der Waals surface area (Å²) < 4.78 is 0. The third kappa shape index (κ3) is 1.53. The summed E-state index contributed by atoms with van der Waals surface area (Å²) in [5, 5.41) is 16.6. The van der Waals surface area contributed by atoms with Crippen LogP contribution in [0.5, 0.6) is 0 Å². The van der Waals surface area contributed by atoms with Crippen LogP contribution in [0.3, 0.4) is 0 Å². The van der Waals surface area contributed by atoms with Gasteiger partial charge in [-0.1, -0.05) is 11.3 Å². The van der Waals surface area contributed by atoms with E-state index in [2.05, 4.69) is 15.2 Å². The summed E-state index contributed by atoms with van der Waals surface area (Å²) in [6.07, 6.45) is 4.09. The third-order valence-electron chi connectivity index (χ3n) is 1.65. The van der Waals surface area contributed by atoms with Crippen LogP contribution in [0.25, 0.3) is 0 Å². The van der Waals surface area contributed by atoms with Gasteiger partial charge in [0, 0.05) is 18.0 Å². The fourth-order valence-electron chi connectivity index (χ4n) is 1.00. The van der Waals surface area contributed by atoms with Crippen molar-refractivity contribution in [2.75, 3.05) is 5.73 Å².